The van der Waals surface area contributed by atoms with E-state index >= 15 is 0 Å². The van der Waals surface area contributed by atoms with Gasteiger partial charge in [0.15, 0.2) is 0 Å². The minimum Gasteiger partial charge on any atom is -0.481 e. The van der Waals surface area contributed by atoms with Gasteiger partial charge in [0.25, 0.3) is 6.43 Å². The summed E-state index contributed by atoms with van der Waals surface area (Å²) >= 11 is 0. The van der Waals surface area contributed by atoms with Crippen LogP contribution >= 0.6 is 0 Å². The molecule has 6 nitrogen and oxygen atoms in total. The fourth-order valence-electron chi connectivity index (χ4n) is 5.96. The van der Waals surface area contributed by atoms with Crippen molar-refractivity contribution in [3.05, 3.63) is 83.4 Å². The van der Waals surface area contributed by atoms with Crippen LogP contribution in [0, 0.1) is 10.8 Å². The quantitative estimate of drug-likeness (QED) is 0.285. The van der Waals surface area contributed by atoms with Gasteiger partial charge in [-0.05, 0) is 42.4 Å². The number of hydrogen-bond acceptors (Lipinski definition) is 4. The van der Waals surface area contributed by atoms with Crippen LogP contribution in [0.3, 0.4) is 0 Å². The molecular weight excluding hydrogens is 486 g/mol. The number of nitrogens with two attached hydrogens (primary N) is 1. The van der Waals surface area contributed by atoms with E-state index in [0.717, 1.165) is 22.5 Å². The average molecular weight is 519 g/mol. The van der Waals surface area contributed by atoms with Crippen LogP contribution in [0.5, 0.6) is 0 Å². The normalized spacial score (nSPS) is 21.7. The number of imidazole rings is 1. The van der Waals surface area contributed by atoms with Gasteiger partial charge in [-0.1, -0.05) is 63.2 Å². The molecule has 3 atom stereocenters. The lowest BCUT2D eigenvalue weighted by Gasteiger charge is -2.38. The molecule has 0 amide bonds. The summed E-state index contributed by atoms with van der Waals surface area (Å²) in [6.45, 7) is 7.82. The number of aromatic nitrogens is 3. The Labute approximate surface area is 220 Å². The lowest BCUT2D eigenvalue weighted by atomic mass is 9.65. The number of carboxylic acids is 1. The fourth-order valence-corrected chi connectivity index (χ4v) is 5.96. The predicted molar refractivity (Wildman–Crippen MR) is 143 cm³/mol. The molecule has 0 aliphatic heterocycles. The van der Waals surface area contributed by atoms with Crippen LogP contribution in [-0.4, -0.2) is 25.4 Å². The minimum atomic E-state index is -2.51. The Balaban J connectivity index is 1.55. The van der Waals surface area contributed by atoms with Gasteiger partial charge in [0.2, 0.25) is 0 Å². The standard InChI is InChI=1S/C30H32F2N4O2/c1-17(20-6-5-7-21(16-20)25(31)32)18-8-10-19(11-9-18)23-24-26(33)34-14-15-36(24)27(35-23)22-12-13-30(4,28(37)38)29(22,2)3/h5-11,14-17,22,25H,12-13H2,1-4H3,(H2,33,34)(H,37,38)/t17-,22-,30+/m0/s1. The summed E-state index contributed by atoms with van der Waals surface area (Å²) in [6, 6.07) is 14.4. The Bertz CT molecular complexity index is 1510. The van der Waals surface area contributed by atoms with Crippen LogP contribution in [0.15, 0.2) is 60.9 Å². The first-order valence-corrected chi connectivity index (χ1v) is 12.8. The Morgan fingerprint density at radius 3 is 2.42 bits per heavy atom. The zero-order valence-corrected chi connectivity index (χ0v) is 22.0. The van der Waals surface area contributed by atoms with Crippen molar-refractivity contribution < 1.29 is 18.7 Å². The first-order valence-electron chi connectivity index (χ1n) is 12.8. The molecule has 1 saturated carbocycles. The van der Waals surface area contributed by atoms with Gasteiger partial charge in [-0.2, -0.15) is 0 Å². The molecular formula is C30H32F2N4O2. The Kier molecular flexibility index (Phi) is 6.24. The van der Waals surface area contributed by atoms with Crippen molar-refractivity contribution in [1.82, 2.24) is 14.4 Å². The summed E-state index contributed by atoms with van der Waals surface area (Å²) in [6.07, 6.45) is 2.21. The summed E-state index contributed by atoms with van der Waals surface area (Å²) in [4.78, 5) is 21.6. The highest BCUT2D eigenvalue weighted by molar-refractivity contribution is 5.85. The third kappa shape index (κ3) is 3.94. The van der Waals surface area contributed by atoms with Gasteiger partial charge in [-0.3, -0.25) is 9.20 Å². The lowest BCUT2D eigenvalue weighted by molar-refractivity contribution is -0.153. The monoisotopic (exact) mass is 518 g/mol. The van der Waals surface area contributed by atoms with Crippen LogP contribution in [-0.2, 0) is 4.79 Å². The maximum atomic E-state index is 13.2. The molecule has 8 heteroatoms. The molecule has 38 heavy (non-hydrogen) atoms. The maximum absolute atomic E-state index is 13.2. The third-order valence-electron chi connectivity index (χ3n) is 8.97. The van der Waals surface area contributed by atoms with Crippen molar-refractivity contribution >= 4 is 17.3 Å². The minimum absolute atomic E-state index is 0.0137. The third-order valence-corrected chi connectivity index (χ3v) is 8.97. The first-order chi connectivity index (χ1) is 18.0. The zero-order valence-electron chi connectivity index (χ0n) is 22.0. The lowest BCUT2D eigenvalue weighted by Crippen LogP contribution is -2.40. The smallest absolute Gasteiger partial charge is 0.309 e. The largest absolute Gasteiger partial charge is 0.481 e. The second-order valence-electron chi connectivity index (χ2n) is 11.1. The molecule has 1 aliphatic rings. The van der Waals surface area contributed by atoms with E-state index in [9.17, 15) is 18.7 Å². The zero-order chi connectivity index (χ0) is 27.4. The molecule has 0 unspecified atom stereocenters. The molecule has 0 radical (unpaired) electrons. The molecule has 1 aliphatic carbocycles. The highest BCUT2D eigenvalue weighted by Gasteiger charge is 2.57. The first kappa shape index (κ1) is 25.8. The van der Waals surface area contributed by atoms with E-state index in [1.54, 1.807) is 18.3 Å². The van der Waals surface area contributed by atoms with E-state index in [0.29, 0.717) is 29.9 Å². The number of fused-ring (bicyclic) bond motifs is 1. The van der Waals surface area contributed by atoms with E-state index in [2.05, 4.69) is 4.98 Å². The van der Waals surface area contributed by atoms with Crippen molar-refractivity contribution in [1.29, 1.82) is 0 Å². The number of alkyl halides is 2. The number of benzene rings is 2. The van der Waals surface area contributed by atoms with Gasteiger partial charge >= 0.3 is 5.97 Å². The van der Waals surface area contributed by atoms with E-state index < -0.39 is 23.2 Å². The molecule has 2 aromatic carbocycles. The molecule has 5 rings (SSSR count). The number of carboxylic acid groups (broad SMARTS) is 1. The predicted octanol–water partition coefficient (Wildman–Crippen LogP) is 7.06. The Morgan fingerprint density at radius 2 is 1.79 bits per heavy atom. The summed E-state index contributed by atoms with van der Waals surface area (Å²) in [5, 5.41) is 10.0. The van der Waals surface area contributed by atoms with Crippen molar-refractivity contribution in [2.45, 2.75) is 58.8 Å². The maximum Gasteiger partial charge on any atom is 0.309 e. The molecule has 4 aromatic rings. The Hall–Kier alpha value is -3.81. The molecule has 2 aromatic heterocycles. The summed E-state index contributed by atoms with van der Waals surface area (Å²) in [5.41, 5.74) is 8.98. The molecule has 0 bridgehead atoms. The van der Waals surface area contributed by atoms with Crippen LogP contribution in [0.4, 0.5) is 14.6 Å². The molecule has 3 N–H and O–H groups in total. The van der Waals surface area contributed by atoms with Crippen LogP contribution in [0.2, 0.25) is 0 Å². The van der Waals surface area contributed by atoms with Gasteiger partial charge in [0.05, 0.1) is 5.41 Å². The molecule has 2 heterocycles. The van der Waals surface area contributed by atoms with Crippen LogP contribution in [0.25, 0.3) is 16.8 Å². The number of hydrogen-bond donors (Lipinski definition) is 2. The molecule has 1 fully saturated rings. The van der Waals surface area contributed by atoms with Gasteiger partial charge in [-0.25, -0.2) is 18.7 Å². The number of nitrogens with zero attached hydrogens (tertiary/aromatic N) is 3. The van der Waals surface area contributed by atoms with Gasteiger partial charge in [0.1, 0.15) is 22.9 Å². The summed E-state index contributed by atoms with van der Waals surface area (Å²) < 4.78 is 28.4. The number of rotatable bonds is 6. The number of aliphatic carboxylic acids is 1. The second kappa shape index (κ2) is 9.19. The second-order valence-corrected chi connectivity index (χ2v) is 11.1. The SMILES string of the molecule is C[C@@H](c1ccc(-c2nc([C@@H]3CC[C@](C)(C(=O)O)C3(C)C)n3ccnc(N)c23)cc1)c1cccc(C(F)F)c1. The van der Waals surface area contributed by atoms with E-state index in [-0.39, 0.29) is 17.4 Å². The van der Waals surface area contributed by atoms with Gasteiger partial charge in [-0.15, -0.1) is 0 Å². The highest BCUT2D eigenvalue weighted by atomic mass is 19.3. The summed E-state index contributed by atoms with van der Waals surface area (Å²) in [7, 11) is 0. The topological polar surface area (TPSA) is 93.5 Å². The van der Waals surface area contributed by atoms with E-state index in [1.807, 2.05) is 68.6 Å². The van der Waals surface area contributed by atoms with Gasteiger partial charge < -0.3 is 10.8 Å². The fraction of sp³-hybridized carbons (Fsp3) is 0.367. The number of halogens is 2. The van der Waals surface area contributed by atoms with Crippen LogP contribution in [0.1, 0.15) is 81.3 Å². The van der Waals surface area contributed by atoms with Crippen molar-refractivity contribution in [3.8, 4) is 11.3 Å². The van der Waals surface area contributed by atoms with E-state index in [4.69, 9.17) is 10.7 Å². The molecule has 0 saturated heterocycles. The number of nitrogen functional groups attached to an aromatic ring is 1. The number of anilines is 1. The highest BCUT2D eigenvalue weighted by Crippen LogP contribution is 2.60. The average Bonchev–Trinajstić information content (AvgIpc) is 3.39. The molecule has 0 spiro atoms. The number of carbonyl (C=O) groups is 1. The van der Waals surface area contributed by atoms with Crippen molar-refractivity contribution in [2.24, 2.45) is 10.8 Å². The molecule has 198 valence electrons. The summed E-state index contributed by atoms with van der Waals surface area (Å²) in [5.74, 6) is 0.167. The van der Waals surface area contributed by atoms with Crippen molar-refractivity contribution in [3.63, 3.8) is 0 Å². The van der Waals surface area contributed by atoms with E-state index in [1.165, 1.54) is 6.07 Å². The Morgan fingerprint density at radius 1 is 1.11 bits per heavy atom. The van der Waals surface area contributed by atoms with Gasteiger partial charge in [0, 0.05) is 35.4 Å². The van der Waals surface area contributed by atoms with Crippen LogP contribution < -0.4 is 5.73 Å². The van der Waals surface area contributed by atoms with Crippen molar-refractivity contribution in [2.75, 3.05) is 5.73 Å².